The van der Waals surface area contributed by atoms with Gasteiger partial charge in [0.1, 0.15) is 0 Å². The van der Waals surface area contributed by atoms with Crippen molar-refractivity contribution >= 4 is 10.0 Å². The normalized spacial score (nSPS) is 29.1. The van der Waals surface area contributed by atoms with E-state index in [0.717, 1.165) is 25.7 Å². The van der Waals surface area contributed by atoms with Gasteiger partial charge < -0.3 is 5.73 Å². The molecule has 1 fully saturated rings. The van der Waals surface area contributed by atoms with E-state index in [2.05, 4.69) is 4.72 Å². The van der Waals surface area contributed by atoms with Crippen LogP contribution in [-0.4, -0.2) is 25.2 Å². The first-order valence-electron chi connectivity index (χ1n) is 5.50. The van der Waals surface area contributed by atoms with Crippen molar-refractivity contribution in [2.45, 2.75) is 63.3 Å². The smallest absolute Gasteiger partial charge is 0.216 e. The largest absolute Gasteiger partial charge is 0.328 e. The molecule has 5 heteroatoms. The van der Waals surface area contributed by atoms with E-state index in [-0.39, 0.29) is 12.1 Å². The highest BCUT2D eigenvalue weighted by Crippen LogP contribution is 2.21. The minimum Gasteiger partial charge on any atom is -0.328 e. The maximum absolute atomic E-state index is 11.9. The Hall–Kier alpha value is -0.130. The topological polar surface area (TPSA) is 72.2 Å². The fraction of sp³-hybridized carbons (Fsp3) is 1.00. The number of nitrogens with one attached hydrogen (secondary N) is 1. The van der Waals surface area contributed by atoms with Gasteiger partial charge in [-0.25, -0.2) is 13.1 Å². The molecule has 1 aliphatic rings. The predicted octanol–water partition coefficient (Wildman–Crippen LogP) is 0.974. The maximum Gasteiger partial charge on any atom is 0.216 e. The van der Waals surface area contributed by atoms with Gasteiger partial charge in [-0.1, -0.05) is 0 Å². The van der Waals surface area contributed by atoms with Crippen molar-refractivity contribution in [1.29, 1.82) is 0 Å². The van der Waals surface area contributed by atoms with Crippen LogP contribution in [0.4, 0.5) is 0 Å². The third-order valence-electron chi connectivity index (χ3n) is 2.90. The standard InChI is InChI=1S/C10H22N2O2S/c1-10(2,3)15(13,14)12-9-6-4-8(11)5-7-9/h8-9,12H,4-7,11H2,1-3H3. The summed E-state index contributed by atoms with van der Waals surface area (Å²) in [7, 11) is -3.21. The zero-order valence-electron chi connectivity index (χ0n) is 9.79. The second-order valence-corrected chi connectivity index (χ2v) is 7.81. The molecule has 0 aromatic carbocycles. The van der Waals surface area contributed by atoms with Crippen LogP contribution in [0.2, 0.25) is 0 Å². The molecule has 0 unspecified atom stereocenters. The zero-order valence-corrected chi connectivity index (χ0v) is 10.6. The van der Waals surface area contributed by atoms with Gasteiger partial charge in [0.25, 0.3) is 0 Å². The Morgan fingerprint density at radius 3 is 2.00 bits per heavy atom. The molecule has 4 nitrogen and oxygen atoms in total. The molecule has 0 aromatic rings. The van der Waals surface area contributed by atoms with E-state index in [0.29, 0.717) is 0 Å². The highest BCUT2D eigenvalue weighted by molar-refractivity contribution is 7.90. The number of hydrogen-bond donors (Lipinski definition) is 2. The zero-order chi connectivity index (χ0) is 11.7. The Bertz CT molecular complexity index is 298. The fourth-order valence-electron chi connectivity index (χ4n) is 1.63. The van der Waals surface area contributed by atoms with Crippen LogP contribution in [0.25, 0.3) is 0 Å². The number of hydrogen-bond acceptors (Lipinski definition) is 3. The molecule has 0 saturated heterocycles. The van der Waals surface area contributed by atoms with Crippen LogP contribution >= 0.6 is 0 Å². The van der Waals surface area contributed by atoms with Gasteiger partial charge in [-0.05, 0) is 46.5 Å². The first-order valence-corrected chi connectivity index (χ1v) is 6.98. The van der Waals surface area contributed by atoms with Crippen LogP contribution < -0.4 is 10.5 Å². The van der Waals surface area contributed by atoms with Crippen molar-refractivity contribution in [1.82, 2.24) is 4.72 Å². The Morgan fingerprint density at radius 1 is 1.13 bits per heavy atom. The van der Waals surface area contributed by atoms with Crippen molar-refractivity contribution in [3.05, 3.63) is 0 Å². The van der Waals surface area contributed by atoms with Crippen LogP contribution in [0.3, 0.4) is 0 Å². The van der Waals surface area contributed by atoms with Gasteiger partial charge in [-0.2, -0.15) is 0 Å². The van der Waals surface area contributed by atoms with Crippen molar-refractivity contribution < 1.29 is 8.42 Å². The van der Waals surface area contributed by atoms with Gasteiger partial charge in [0, 0.05) is 12.1 Å². The molecule has 1 aliphatic carbocycles. The van der Waals surface area contributed by atoms with Gasteiger partial charge in [0.05, 0.1) is 4.75 Å². The SMILES string of the molecule is CC(C)(C)S(=O)(=O)NC1CCC(N)CC1. The first kappa shape index (κ1) is 12.9. The van der Waals surface area contributed by atoms with Gasteiger partial charge >= 0.3 is 0 Å². The molecule has 0 amide bonds. The Kier molecular flexibility index (Phi) is 3.79. The Morgan fingerprint density at radius 2 is 1.60 bits per heavy atom. The molecular weight excluding hydrogens is 212 g/mol. The summed E-state index contributed by atoms with van der Waals surface area (Å²) >= 11 is 0. The van der Waals surface area contributed by atoms with Gasteiger partial charge in [-0.3, -0.25) is 0 Å². The lowest BCUT2D eigenvalue weighted by molar-refractivity contribution is 0.371. The molecule has 1 rings (SSSR count). The van der Waals surface area contributed by atoms with Crippen molar-refractivity contribution in [3.63, 3.8) is 0 Å². The predicted molar refractivity (Wildman–Crippen MR) is 62.0 cm³/mol. The lowest BCUT2D eigenvalue weighted by atomic mass is 9.93. The van der Waals surface area contributed by atoms with Gasteiger partial charge in [-0.15, -0.1) is 0 Å². The van der Waals surface area contributed by atoms with E-state index in [1.165, 1.54) is 0 Å². The Labute approximate surface area is 92.7 Å². The van der Waals surface area contributed by atoms with E-state index < -0.39 is 14.8 Å². The minimum absolute atomic E-state index is 0.0778. The van der Waals surface area contributed by atoms with Crippen molar-refractivity contribution in [2.75, 3.05) is 0 Å². The minimum atomic E-state index is -3.21. The van der Waals surface area contributed by atoms with Crippen molar-refractivity contribution in [2.24, 2.45) is 5.73 Å². The number of sulfonamides is 1. The molecule has 0 spiro atoms. The van der Waals surface area contributed by atoms with E-state index in [9.17, 15) is 8.42 Å². The van der Waals surface area contributed by atoms with Gasteiger partial charge in [0.15, 0.2) is 0 Å². The molecular formula is C10H22N2O2S. The molecule has 0 atom stereocenters. The molecule has 0 radical (unpaired) electrons. The monoisotopic (exact) mass is 234 g/mol. The summed E-state index contributed by atoms with van der Waals surface area (Å²) < 4.78 is 25.8. The molecule has 0 aliphatic heterocycles. The molecule has 3 N–H and O–H groups in total. The van der Waals surface area contributed by atoms with Crippen LogP contribution in [0.5, 0.6) is 0 Å². The second-order valence-electron chi connectivity index (χ2n) is 5.35. The van der Waals surface area contributed by atoms with Crippen molar-refractivity contribution in [3.8, 4) is 0 Å². The average Bonchev–Trinajstić information content (AvgIpc) is 2.06. The molecule has 0 heterocycles. The van der Waals surface area contributed by atoms with E-state index in [1.54, 1.807) is 20.8 Å². The summed E-state index contributed by atoms with van der Waals surface area (Å²) in [5.74, 6) is 0. The van der Waals surface area contributed by atoms with Gasteiger partial charge in [0.2, 0.25) is 10.0 Å². The van der Waals surface area contributed by atoms with Crippen LogP contribution in [0, 0.1) is 0 Å². The summed E-state index contributed by atoms with van der Waals surface area (Å²) in [6, 6.07) is 0.328. The lowest BCUT2D eigenvalue weighted by Gasteiger charge is -2.29. The average molecular weight is 234 g/mol. The maximum atomic E-state index is 11.9. The van der Waals surface area contributed by atoms with E-state index in [1.807, 2.05) is 0 Å². The summed E-state index contributed by atoms with van der Waals surface area (Å²) in [4.78, 5) is 0. The Balaban J connectivity index is 2.56. The molecule has 0 bridgehead atoms. The second kappa shape index (κ2) is 4.39. The molecule has 90 valence electrons. The first-order chi connectivity index (χ1) is 6.72. The van der Waals surface area contributed by atoms with Crippen LogP contribution in [0.1, 0.15) is 46.5 Å². The summed E-state index contributed by atoms with van der Waals surface area (Å²) in [6.45, 7) is 5.14. The van der Waals surface area contributed by atoms with E-state index >= 15 is 0 Å². The third-order valence-corrected chi connectivity index (χ3v) is 5.16. The number of rotatable bonds is 2. The van der Waals surface area contributed by atoms with Crippen LogP contribution in [0.15, 0.2) is 0 Å². The number of nitrogens with two attached hydrogens (primary N) is 1. The summed E-state index contributed by atoms with van der Waals surface area (Å²) in [6.07, 6.45) is 3.54. The highest BCUT2D eigenvalue weighted by Gasteiger charge is 2.32. The fourth-order valence-corrected chi connectivity index (χ4v) is 2.66. The lowest BCUT2D eigenvalue weighted by Crippen LogP contribution is -2.46. The highest BCUT2D eigenvalue weighted by atomic mass is 32.2. The molecule has 0 aromatic heterocycles. The molecule has 1 saturated carbocycles. The van der Waals surface area contributed by atoms with Crippen LogP contribution in [-0.2, 0) is 10.0 Å². The summed E-state index contributed by atoms with van der Waals surface area (Å²) in [5.41, 5.74) is 5.77. The molecule has 15 heavy (non-hydrogen) atoms. The third kappa shape index (κ3) is 3.43. The summed E-state index contributed by atoms with van der Waals surface area (Å²) in [5, 5.41) is 0. The quantitative estimate of drug-likeness (QED) is 0.748. The van der Waals surface area contributed by atoms with E-state index in [4.69, 9.17) is 5.73 Å².